The maximum Gasteiger partial charge on any atom is 0.113 e. The molecule has 7 rings (SSSR count). The predicted octanol–water partition coefficient (Wildman–Crippen LogP) is 9.29. The van der Waals surface area contributed by atoms with E-state index in [2.05, 4.69) is 170 Å². The Bertz CT molecular complexity index is 1700. The van der Waals surface area contributed by atoms with Crippen molar-refractivity contribution in [3.8, 4) is 33.4 Å². The Morgan fingerprint density at radius 1 is 0.400 bits per heavy atom. The molecule has 0 bridgehead atoms. The molecule has 0 radical (unpaired) electrons. The second-order valence-corrected chi connectivity index (χ2v) is 15.4. The van der Waals surface area contributed by atoms with Crippen LogP contribution in [0, 0.1) is 0 Å². The average molecular weight is 530 g/mol. The van der Waals surface area contributed by atoms with Gasteiger partial charge in [0.15, 0.2) is 0 Å². The van der Waals surface area contributed by atoms with Crippen LogP contribution in [-0.4, -0.2) is 8.07 Å². The van der Waals surface area contributed by atoms with E-state index in [1.165, 1.54) is 49.4 Å². The smallest absolute Gasteiger partial charge is 0.113 e. The first kappa shape index (κ1) is 24.4. The van der Waals surface area contributed by atoms with Crippen molar-refractivity contribution in [3.63, 3.8) is 0 Å². The number of hydrogen-bond donors (Lipinski definition) is 0. The van der Waals surface area contributed by atoms with E-state index in [9.17, 15) is 0 Å². The van der Waals surface area contributed by atoms with Gasteiger partial charge >= 0.3 is 0 Å². The van der Waals surface area contributed by atoms with Crippen LogP contribution < -0.4 is 15.3 Å². The minimum Gasteiger partial charge on any atom is -0.310 e. The molecule has 1 heterocycles. The summed E-state index contributed by atoms with van der Waals surface area (Å²) in [5, 5.41) is 3.04. The van der Waals surface area contributed by atoms with Gasteiger partial charge in [-0.05, 0) is 68.5 Å². The fourth-order valence-corrected chi connectivity index (χ4v) is 9.30. The van der Waals surface area contributed by atoms with Gasteiger partial charge in [-0.3, -0.25) is 0 Å². The lowest BCUT2D eigenvalue weighted by atomic mass is 10.0. The van der Waals surface area contributed by atoms with E-state index < -0.39 is 8.07 Å². The Morgan fingerprint density at radius 2 is 0.850 bits per heavy atom. The Hall–Kier alpha value is -4.66. The molecule has 0 N–H and O–H groups in total. The molecule has 2 heteroatoms. The third-order valence-electron chi connectivity index (χ3n) is 8.29. The van der Waals surface area contributed by atoms with Crippen molar-refractivity contribution in [2.75, 3.05) is 4.90 Å². The topological polar surface area (TPSA) is 3.24 Å². The van der Waals surface area contributed by atoms with Crippen LogP contribution in [0.2, 0.25) is 13.1 Å². The summed E-state index contributed by atoms with van der Waals surface area (Å²) in [5.41, 5.74) is 11.2. The average Bonchev–Trinajstić information content (AvgIpc) is 3.26. The number of benzene rings is 6. The van der Waals surface area contributed by atoms with Crippen molar-refractivity contribution < 1.29 is 0 Å². The highest BCUT2D eigenvalue weighted by atomic mass is 28.3. The number of rotatable bonds is 5. The maximum atomic E-state index is 2.48. The summed E-state index contributed by atoms with van der Waals surface area (Å²) >= 11 is 0. The maximum absolute atomic E-state index is 2.48. The predicted molar refractivity (Wildman–Crippen MR) is 174 cm³/mol. The largest absolute Gasteiger partial charge is 0.310 e. The Balaban J connectivity index is 1.40. The van der Waals surface area contributed by atoms with E-state index in [1.54, 1.807) is 0 Å². The van der Waals surface area contributed by atoms with Crippen LogP contribution in [0.4, 0.5) is 17.1 Å². The van der Waals surface area contributed by atoms with Crippen molar-refractivity contribution in [2.45, 2.75) is 13.1 Å². The second-order valence-electron chi connectivity index (χ2n) is 11.0. The van der Waals surface area contributed by atoms with E-state index in [-0.39, 0.29) is 0 Å². The van der Waals surface area contributed by atoms with E-state index in [0.29, 0.717) is 0 Å². The van der Waals surface area contributed by atoms with Gasteiger partial charge in [0.1, 0.15) is 8.07 Å². The zero-order valence-electron chi connectivity index (χ0n) is 22.9. The lowest BCUT2D eigenvalue weighted by molar-refractivity contribution is 1.29. The van der Waals surface area contributed by atoms with Crippen LogP contribution in [0.1, 0.15) is 0 Å². The van der Waals surface area contributed by atoms with Gasteiger partial charge in [-0.2, -0.15) is 0 Å². The molecular formula is C38H31NSi. The summed E-state index contributed by atoms with van der Waals surface area (Å²) in [7, 11) is -1.79. The summed E-state index contributed by atoms with van der Waals surface area (Å²) in [6.07, 6.45) is 0. The zero-order chi connectivity index (χ0) is 27.1. The fraction of sp³-hybridized carbons (Fsp3) is 0.0526. The summed E-state index contributed by atoms with van der Waals surface area (Å²) in [6.45, 7) is 4.96. The lowest BCUT2D eigenvalue weighted by Crippen LogP contribution is -2.49. The molecule has 192 valence electrons. The van der Waals surface area contributed by atoms with Crippen LogP contribution in [0.15, 0.2) is 152 Å². The molecule has 1 aliphatic rings. The van der Waals surface area contributed by atoms with Gasteiger partial charge in [0.25, 0.3) is 0 Å². The minimum absolute atomic E-state index is 1.16. The second kappa shape index (κ2) is 9.82. The highest BCUT2D eigenvalue weighted by Crippen LogP contribution is 2.43. The molecule has 0 amide bonds. The Morgan fingerprint density at radius 3 is 1.40 bits per heavy atom. The minimum atomic E-state index is -1.79. The molecule has 0 saturated carbocycles. The van der Waals surface area contributed by atoms with E-state index in [1.807, 2.05) is 0 Å². The number of hydrogen-bond acceptors (Lipinski definition) is 1. The molecule has 1 aliphatic heterocycles. The lowest BCUT2D eigenvalue weighted by Gasteiger charge is -2.29. The van der Waals surface area contributed by atoms with Gasteiger partial charge in [0.05, 0.1) is 5.69 Å². The van der Waals surface area contributed by atoms with Crippen LogP contribution in [0.3, 0.4) is 0 Å². The third kappa shape index (κ3) is 4.09. The summed E-state index contributed by atoms with van der Waals surface area (Å²) in [4.78, 5) is 2.44. The first-order valence-electron chi connectivity index (χ1n) is 14.0. The summed E-state index contributed by atoms with van der Waals surface area (Å²) < 4.78 is 0. The van der Waals surface area contributed by atoms with Gasteiger partial charge < -0.3 is 4.90 Å². The number of nitrogens with zero attached hydrogens (tertiary/aromatic N) is 1. The van der Waals surface area contributed by atoms with Crippen molar-refractivity contribution >= 4 is 35.5 Å². The molecular weight excluding hydrogens is 499 g/mol. The molecule has 1 nitrogen and oxygen atoms in total. The molecule has 0 aromatic heterocycles. The van der Waals surface area contributed by atoms with Crippen molar-refractivity contribution in [2.24, 2.45) is 0 Å². The molecule has 0 atom stereocenters. The van der Waals surface area contributed by atoms with Gasteiger partial charge in [0.2, 0.25) is 0 Å². The number of fused-ring (bicyclic) bond motifs is 3. The molecule has 0 aliphatic carbocycles. The fourth-order valence-electron chi connectivity index (χ4n) is 6.22. The molecule has 0 spiro atoms. The SMILES string of the molecule is C[Si]1(C)c2ccccc2-c2c(N(c3ccc(-c4ccccc4)cc3)c3ccc(-c4ccccc4)cc3)cccc21. The van der Waals surface area contributed by atoms with Crippen molar-refractivity contribution in [3.05, 3.63) is 152 Å². The first-order chi connectivity index (χ1) is 19.6. The van der Waals surface area contributed by atoms with Gasteiger partial charge in [-0.25, -0.2) is 0 Å². The van der Waals surface area contributed by atoms with E-state index >= 15 is 0 Å². The van der Waals surface area contributed by atoms with Gasteiger partial charge in [-0.15, -0.1) is 0 Å². The third-order valence-corrected chi connectivity index (χ3v) is 11.8. The monoisotopic (exact) mass is 529 g/mol. The Labute approximate surface area is 238 Å². The van der Waals surface area contributed by atoms with Crippen molar-refractivity contribution in [1.29, 1.82) is 0 Å². The van der Waals surface area contributed by atoms with Crippen LogP contribution in [0.5, 0.6) is 0 Å². The van der Waals surface area contributed by atoms with Crippen LogP contribution >= 0.6 is 0 Å². The van der Waals surface area contributed by atoms with Gasteiger partial charge in [-0.1, -0.05) is 134 Å². The quantitative estimate of drug-likeness (QED) is 0.201. The van der Waals surface area contributed by atoms with Crippen LogP contribution in [0.25, 0.3) is 33.4 Å². The first-order valence-corrected chi connectivity index (χ1v) is 17.0. The molecule has 0 saturated heterocycles. The zero-order valence-corrected chi connectivity index (χ0v) is 23.9. The molecule has 0 unspecified atom stereocenters. The molecule has 6 aromatic carbocycles. The van der Waals surface area contributed by atoms with E-state index in [4.69, 9.17) is 0 Å². The summed E-state index contributed by atoms with van der Waals surface area (Å²) in [6, 6.07) is 55.2. The number of anilines is 3. The summed E-state index contributed by atoms with van der Waals surface area (Å²) in [5.74, 6) is 0. The van der Waals surface area contributed by atoms with Crippen LogP contribution in [-0.2, 0) is 0 Å². The van der Waals surface area contributed by atoms with Crippen molar-refractivity contribution in [1.82, 2.24) is 0 Å². The Kier molecular flexibility index (Phi) is 5.99. The molecule has 40 heavy (non-hydrogen) atoms. The highest BCUT2D eigenvalue weighted by Gasteiger charge is 2.39. The normalized spacial score (nSPS) is 12.9. The molecule has 6 aromatic rings. The standard InChI is InChI=1S/C38H31NSi/c1-40(2)36-18-10-9-16-34(36)38-35(17-11-19-37(38)40)39(32-24-20-30(21-25-32)28-12-5-3-6-13-28)33-26-22-31(23-27-33)29-14-7-4-8-15-29/h3-27H,1-2H3. The highest BCUT2D eigenvalue weighted by molar-refractivity contribution is 7.04. The van der Waals surface area contributed by atoms with E-state index in [0.717, 1.165) is 11.4 Å². The van der Waals surface area contributed by atoms with Gasteiger partial charge in [0, 0.05) is 16.9 Å². The molecule has 0 fully saturated rings.